The van der Waals surface area contributed by atoms with Gasteiger partial charge in [-0.25, -0.2) is 9.78 Å². The first-order valence-corrected chi connectivity index (χ1v) is 5.53. The van der Waals surface area contributed by atoms with Gasteiger partial charge in [0, 0.05) is 19.4 Å². The van der Waals surface area contributed by atoms with Crippen LogP contribution < -0.4 is 5.32 Å². The maximum atomic E-state index is 11.5. The Hall–Kier alpha value is -2.37. The van der Waals surface area contributed by atoms with Crippen LogP contribution in [0.5, 0.6) is 0 Å². The lowest BCUT2D eigenvalue weighted by Crippen LogP contribution is -2.18. The topological polar surface area (TPSA) is 72.7 Å². The molecule has 18 heavy (non-hydrogen) atoms. The molecule has 6 heteroatoms. The Kier molecular flexibility index (Phi) is 3.27. The second kappa shape index (κ2) is 4.87. The van der Waals surface area contributed by atoms with E-state index in [0.717, 1.165) is 0 Å². The molecule has 0 atom stereocenters. The van der Waals surface area contributed by atoms with Crippen LogP contribution in [0.3, 0.4) is 0 Å². The lowest BCUT2D eigenvalue weighted by atomic mass is 10.2. The van der Waals surface area contributed by atoms with Crippen LogP contribution in [-0.2, 0) is 4.74 Å². The molecule has 0 spiro atoms. The lowest BCUT2D eigenvalue weighted by molar-refractivity contribution is 0.0520. The van der Waals surface area contributed by atoms with Gasteiger partial charge < -0.3 is 14.5 Å². The number of pyridine rings is 1. The van der Waals surface area contributed by atoms with E-state index in [2.05, 4.69) is 10.3 Å². The average Bonchev–Trinajstić information content (AvgIpc) is 2.80. The molecule has 1 N–H and O–H groups in total. The van der Waals surface area contributed by atoms with Crippen LogP contribution in [0.4, 0.5) is 0 Å². The fourth-order valence-corrected chi connectivity index (χ4v) is 1.57. The van der Waals surface area contributed by atoms with Crippen LogP contribution in [0.2, 0.25) is 0 Å². The van der Waals surface area contributed by atoms with Gasteiger partial charge in [-0.05, 0) is 19.1 Å². The third-order valence-corrected chi connectivity index (χ3v) is 2.42. The molecule has 94 valence electrons. The molecule has 0 saturated carbocycles. The average molecular weight is 247 g/mol. The van der Waals surface area contributed by atoms with Crippen molar-refractivity contribution >= 4 is 17.5 Å². The number of ether oxygens (including phenoxy) is 1. The van der Waals surface area contributed by atoms with Crippen molar-refractivity contribution < 1.29 is 14.3 Å². The zero-order valence-electron chi connectivity index (χ0n) is 10.1. The van der Waals surface area contributed by atoms with E-state index >= 15 is 0 Å². The highest BCUT2D eigenvalue weighted by Gasteiger charge is 2.12. The molecule has 0 bridgehead atoms. The summed E-state index contributed by atoms with van der Waals surface area (Å²) in [4.78, 5) is 27.1. The van der Waals surface area contributed by atoms with Gasteiger partial charge in [-0.15, -0.1) is 0 Å². The van der Waals surface area contributed by atoms with Crippen LogP contribution in [0.1, 0.15) is 27.8 Å². The summed E-state index contributed by atoms with van der Waals surface area (Å²) in [5.41, 5.74) is 1.31. The minimum Gasteiger partial charge on any atom is -0.461 e. The van der Waals surface area contributed by atoms with Crippen LogP contribution in [0.25, 0.3) is 5.65 Å². The monoisotopic (exact) mass is 247 g/mol. The van der Waals surface area contributed by atoms with Gasteiger partial charge in [0.1, 0.15) is 5.65 Å². The van der Waals surface area contributed by atoms with E-state index in [0.29, 0.717) is 17.8 Å². The SMILES string of the molecule is CCOC(=O)c1cn2cc(C(=O)NC)ccc2n1. The number of amides is 1. The molecule has 0 unspecified atom stereocenters. The summed E-state index contributed by atoms with van der Waals surface area (Å²) < 4.78 is 6.48. The second-order valence-electron chi connectivity index (χ2n) is 3.61. The number of nitrogens with one attached hydrogen (secondary N) is 1. The van der Waals surface area contributed by atoms with Crippen LogP contribution in [0.15, 0.2) is 24.5 Å². The van der Waals surface area contributed by atoms with Gasteiger partial charge >= 0.3 is 5.97 Å². The number of imidazole rings is 1. The van der Waals surface area contributed by atoms with E-state index in [-0.39, 0.29) is 11.6 Å². The number of aromatic nitrogens is 2. The van der Waals surface area contributed by atoms with E-state index < -0.39 is 5.97 Å². The fourth-order valence-electron chi connectivity index (χ4n) is 1.57. The third-order valence-electron chi connectivity index (χ3n) is 2.42. The highest BCUT2D eigenvalue weighted by molar-refractivity contribution is 5.94. The Balaban J connectivity index is 2.39. The summed E-state index contributed by atoms with van der Waals surface area (Å²) in [5.74, 6) is -0.661. The molecule has 0 fully saturated rings. The molecule has 0 saturated heterocycles. The summed E-state index contributed by atoms with van der Waals surface area (Å²) in [6, 6.07) is 3.32. The minimum atomic E-state index is -0.470. The van der Waals surface area contributed by atoms with Gasteiger partial charge in [-0.1, -0.05) is 0 Å². The molecule has 1 amide bonds. The Morgan fingerprint density at radius 2 is 2.17 bits per heavy atom. The molecular weight excluding hydrogens is 234 g/mol. The molecule has 2 aromatic rings. The zero-order valence-corrected chi connectivity index (χ0v) is 10.1. The summed E-state index contributed by atoms with van der Waals surface area (Å²) in [6.45, 7) is 2.04. The predicted molar refractivity (Wildman–Crippen MR) is 64.5 cm³/mol. The molecule has 2 rings (SSSR count). The summed E-state index contributed by atoms with van der Waals surface area (Å²) in [5, 5.41) is 2.53. The van der Waals surface area contributed by atoms with Crippen molar-refractivity contribution in [1.29, 1.82) is 0 Å². The number of rotatable bonds is 3. The van der Waals surface area contributed by atoms with Gasteiger partial charge in [0.05, 0.1) is 12.2 Å². The van der Waals surface area contributed by atoms with Gasteiger partial charge in [-0.3, -0.25) is 4.79 Å². The van der Waals surface area contributed by atoms with E-state index in [1.807, 2.05) is 0 Å². The maximum Gasteiger partial charge on any atom is 0.358 e. The first-order chi connectivity index (χ1) is 8.65. The quantitative estimate of drug-likeness (QED) is 0.817. The van der Waals surface area contributed by atoms with Gasteiger partial charge in [-0.2, -0.15) is 0 Å². The van der Waals surface area contributed by atoms with Crippen molar-refractivity contribution in [1.82, 2.24) is 14.7 Å². The molecule has 0 aliphatic rings. The Bertz CT molecular complexity index is 604. The van der Waals surface area contributed by atoms with E-state index in [9.17, 15) is 9.59 Å². The van der Waals surface area contributed by atoms with E-state index in [4.69, 9.17) is 4.74 Å². The molecule has 2 aromatic heterocycles. The van der Waals surface area contributed by atoms with Crippen molar-refractivity contribution in [3.63, 3.8) is 0 Å². The van der Waals surface area contributed by atoms with Crippen LogP contribution >= 0.6 is 0 Å². The van der Waals surface area contributed by atoms with Crippen LogP contribution in [0, 0.1) is 0 Å². The largest absolute Gasteiger partial charge is 0.461 e. The Morgan fingerprint density at radius 1 is 1.39 bits per heavy atom. The highest BCUT2D eigenvalue weighted by Crippen LogP contribution is 2.09. The van der Waals surface area contributed by atoms with Crippen molar-refractivity contribution in [2.24, 2.45) is 0 Å². The number of carbonyl (C=O) groups excluding carboxylic acids is 2. The van der Waals surface area contributed by atoms with Gasteiger partial charge in [0.2, 0.25) is 0 Å². The minimum absolute atomic E-state index is 0.191. The molecule has 0 aliphatic heterocycles. The van der Waals surface area contributed by atoms with Crippen molar-refractivity contribution in [2.45, 2.75) is 6.92 Å². The molecule has 2 heterocycles. The van der Waals surface area contributed by atoms with Crippen molar-refractivity contribution in [3.05, 3.63) is 35.8 Å². The number of nitrogens with zero attached hydrogens (tertiary/aromatic N) is 2. The van der Waals surface area contributed by atoms with Gasteiger partial charge in [0.25, 0.3) is 5.91 Å². The van der Waals surface area contributed by atoms with E-state index in [1.165, 1.54) is 0 Å². The number of esters is 1. The predicted octanol–water partition coefficient (Wildman–Crippen LogP) is 0.871. The highest BCUT2D eigenvalue weighted by atomic mass is 16.5. The normalized spacial score (nSPS) is 10.3. The molecular formula is C12H13N3O3. The number of hydrogen-bond donors (Lipinski definition) is 1. The second-order valence-corrected chi connectivity index (χ2v) is 3.61. The number of carbonyl (C=O) groups is 2. The lowest BCUT2D eigenvalue weighted by Gasteiger charge is -1.99. The van der Waals surface area contributed by atoms with Gasteiger partial charge in [0.15, 0.2) is 5.69 Å². The summed E-state index contributed by atoms with van der Waals surface area (Å²) in [7, 11) is 1.56. The Labute approximate surface area is 104 Å². The molecule has 0 aliphatic carbocycles. The first kappa shape index (κ1) is 12.1. The van der Waals surface area contributed by atoms with Crippen molar-refractivity contribution in [2.75, 3.05) is 13.7 Å². The smallest absolute Gasteiger partial charge is 0.358 e. The summed E-state index contributed by atoms with van der Waals surface area (Å²) in [6.07, 6.45) is 3.16. The molecule has 0 radical (unpaired) electrons. The number of hydrogen-bond acceptors (Lipinski definition) is 4. The molecule has 6 nitrogen and oxygen atoms in total. The first-order valence-electron chi connectivity index (χ1n) is 5.53. The maximum absolute atomic E-state index is 11.5. The molecule has 0 aromatic carbocycles. The van der Waals surface area contributed by atoms with E-state index in [1.54, 1.807) is 42.9 Å². The van der Waals surface area contributed by atoms with Crippen LogP contribution in [-0.4, -0.2) is 34.9 Å². The third kappa shape index (κ3) is 2.17. The fraction of sp³-hybridized carbons (Fsp3) is 0.250. The summed E-state index contributed by atoms with van der Waals surface area (Å²) >= 11 is 0. The Morgan fingerprint density at radius 3 is 2.83 bits per heavy atom. The van der Waals surface area contributed by atoms with Crippen molar-refractivity contribution in [3.8, 4) is 0 Å². The standard InChI is InChI=1S/C12H13N3O3/c1-3-18-12(17)9-7-15-6-8(11(16)13-2)4-5-10(15)14-9/h4-7H,3H2,1-2H3,(H,13,16). The number of fused-ring (bicyclic) bond motifs is 1. The zero-order chi connectivity index (χ0) is 13.1.